The van der Waals surface area contributed by atoms with Gasteiger partial charge in [-0.1, -0.05) is 65.1 Å². The summed E-state index contributed by atoms with van der Waals surface area (Å²) in [6, 6.07) is 9.54. The highest BCUT2D eigenvalue weighted by Crippen LogP contribution is 2.51. The van der Waals surface area contributed by atoms with Crippen LogP contribution in [0.4, 0.5) is 0 Å². The Hall–Kier alpha value is -1.09. The van der Waals surface area contributed by atoms with Gasteiger partial charge >= 0.3 is 0 Å². The first-order valence-corrected chi connectivity index (χ1v) is 6.59. The topological polar surface area (TPSA) is 18.5 Å². The van der Waals surface area contributed by atoms with Crippen molar-refractivity contribution in [1.82, 2.24) is 0 Å². The van der Waals surface area contributed by atoms with Crippen molar-refractivity contribution in [3.8, 4) is 22.6 Å². The van der Waals surface area contributed by atoms with Crippen LogP contribution in [0.2, 0.25) is 15.1 Å². The molecule has 0 unspecified atom stereocenters. The van der Waals surface area contributed by atoms with Crippen molar-refractivity contribution in [2.75, 3.05) is 14.2 Å². The van der Waals surface area contributed by atoms with Gasteiger partial charge in [0.2, 0.25) is 0 Å². The van der Waals surface area contributed by atoms with Crippen molar-refractivity contribution >= 4 is 34.8 Å². The quantitative estimate of drug-likeness (QED) is 0.712. The van der Waals surface area contributed by atoms with Crippen LogP contribution < -0.4 is 9.47 Å². The minimum absolute atomic E-state index is 0.241. The van der Waals surface area contributed by atoms with Crippen molar-refractivity contribution in [1.29, 1.82) is 0 Å². The van der Waals surface area contributed by atoms with Crippen molar-refractivity contribution < 1.29 is 9.47 Å². The second kappa shape index (κ2) is 5.91. The summed E-state index contributed by atoms with van der Waals surface area (Å²) in [5, 5.41) is 0.898. The maximum Gasteiger partial charge on any atom is 0.158 e. The summed E-state index contributed by atoms with van der Waals surface area (Å²) in [7, 11) is 3.01. The van der Waals surface area contributed by atoms with E-state index in [2.05, 4.69) is 0 Å². The van der Waals surface area contributed by atoms with Crippen LogP contribution in [0.3, 0.4) is 0 Å². The second-order valence-corrected chi connectivity index (χ2v) is 4.88. The number of benzene rings is 2. The lowest BCUT2D eigenvalue weighted by molar-refractivity contribution is 0.405. The van der Waals surface area contributed by atoms with Crippen molar-refractivity contribution in [3.63, 3.8) is 0 Å². The van der Waals surface area contributed by atoms with Gasteiger partial charge in [-0.25, -0.2) is 0 Å². The monoisotopic (exact) mass is 316 g/mol. The van der Waals surface area contributed by atoms with Crippen LogP contribution in [-0.4, -0.2) is 14.2 Å². The molecule has 0 amide bonds. The fraction of sp³-hybridized carbons (Fsp3) is 0.143. The molecule has 0 atom stereocenters. The molecule has 0 N–H and O–H groups in total. The van der Waals surface area contributed by atoms with Gasteiger partial charge in [0, 0.05) is 5.56 Å². The fourth-order valence-corrected chi connectivity index (χ4v) is 2.78. The molecule has 0 aromatic heterocycles. The molecule has 0 saturated carbocycles. The van der Waals surface area contributed by atoms with Crippen LogP contribution in [-0.2, 0) is 0 Å². The molecule has 0 aliphatic carbocycles. The van der Waals surface area contributed by atoms with Gasteiger partial charge in [-0.3, -0.25) is 0 Å². The average Bonchev–Trinajstić information content (AvgIpc) is 2.44. The van der Waals surface area contributed by atoms with Gasteiger partial charge in [0.15, 0.2) is 5.75 Å². The van der Waals surface area contributed by atoms with Gasteiger partial charge in [0.25, 0.3) is 0 Å². The van der Waals surface area contributed by atoms with Gasteiger partial charge in [0.1, 0.15) is 15.8 Å². The van der Waals surface area contributed by atoms with E-state index in [9.17, 15) is 0 Å². The van der Waals surface area contributed by atoms with E-state index in [-0.39, 0.29) is 10.0 Å². The van der Waals surface area contributed by atoms with Gasteiger partial charge in [0.05, 0.1) is 19.2 Å². The molecule has 0 heterocycles. The highest BCUT2D eigenvalue weighted by atomic mass is 35.5. The fourth-order valence-electron chi connectivity index (χ4n) is 1.85. The molecule has 2 aromatic rings. The SMILES string of the molecule is COc1c(Cl)c(Cl)c(OC)c(-c2ccccc2)c1Cl. The Labute approximate surface area is 126 Å². The normalized spacial score (nSPS) is 10.4. The Morgan fingerprint density at radius 1 is 0.737 bits per heavy atom. The molecule has 0 aliphatic rings. The highest BCUT2D eigenvalue weighted by molar-refractivity contribution is 6.47. The van der Waals surface area contributed by atoms with E-state index in [0.717, 1.165) is 5.56 Å². The molecule has 0 bridgehead atoms. The van der Waals surface area contributed by atoms with E-state index < -0.39 is 0 Å². The molecule has 0 saturated heterocycles. The van der Waals surface area contributed by atoms with E-state index in [1.807, 2.05) is 30.3 Å². The molecule has 2 rings (SSSR count). The summed E-state index contributed by atoms with van der Waals surface area (Å²) in [6.45, 7) is 0. The van der Waals surface area contributed by atoms with E-state index in [4.69, 9.17) is 44.3 Å². The summed E-state index contributed by atoms with van der Waals surface area (Å²) < 4.78 is 10.5. The number of rotatable bonds is 3. The highest BCUT2D eigenvalue weighted by Gasteiger charge is 2.23. The zero-order valence-electron chi connectivity index (χ0n) is 10.3. The molecular formula is C14H11Cl3O2. The maximum atomic E-state index is 6.36. The third-order valence-corrected chi connectivity index (χ3v) is 3.89. The van der Waals surface area contributed by atoms with Crippen molar-refractivity contribution in [2.45, 2.75) is 0 Å². The smallest absolute Gasteiger partial charge is 0.158 e. The molecular weight excluding hydrogens is 307 g/mol. The predicted octanol–water partition coefficient (Wildman–Crippen LogP) is 5.33. The van der Waals surface area contributed by atoms with Crippen LogP contribution in [0, 0.1) is 0 Å². The van der Waals surface area contributed by atoms with Crippen molar-refractivity contribution in [2.24, 2.45) is 0 Å². The largest absolute Gasteiger partial charge is 0.494 e. The summed E-state index contributed by atoms with van der Waals surface area (Å²) in [6.07, 6.45) is 0. The standard InChI is InChI=1S/C14H11Cl3O2/c1-18-13-9(8-6-4-3-5-7-8)10(15)14(19-2)12(17)11(13)16/h3-7H,1-2H3. The zero-order chi connectivity index (χ0) is 14.0. The third-order valence-electron chi connectivity index (χ3n) is 2.71. The Balaban J connectivity index is 2.82. The lowest BCUT2D eigenvalue weighted by Crippen LogP contribution is -1.95. The Kier molecular flexibility index (Phi) is 4.46. The molecule has 5 heteroatoms. The van der Waals surface area contributed by atoms with E-state index in [1.54, 1.807) is 0 Å². The molecule has 100 valence electrons. The van der Waals surface area contributed by atoms with Crippen LogP contribution in [0.15, 0.2) is 30.3 Å². The first-order chi connectivity index (χ1) is 9.11. The summed E-state index contributed by atoms with van der Waals surface area (Å²) in [5.41, 5.74) is 1.54. The van der Waals surface area contributed by atoms with Gasteiger partial charge in [-0.05, 0) is 5.56 Å². The minimum Gasteiger partial charge on any atom is -0.494 e. The summed E-state index contributed by atoms with van der Waals surface area (Å²) in [5.74, 6) is 0.775. The van der Waals surface area contributed by atoms with E-state index in [1.165, 1.54) is 14.2 Å². The first-order valence-electron chi connectivity index (χ1n) is 5.45. The number of ether oxygens (including phenoxy) is 2. The van der Waals surface area contributed by atoms with Crippen LogP contribution in [0.25, 0.3) is 11.1 Å². The first kappa shape index (κ1) is 14.3. The number of hydrogen-bond acceptors (Lipinski definition) is 2. The van der Waals surface area contributed by atoms with Crippen LogP contribution in [0.1, 0.15) is 0 Å². The number of halogens is 3. The molecule has 0 spiro atoms. The van der Waals surface area contributed by atoms with E-state index >= 15 is 0 Å². The number of methoxy groups -OCH3 is 2. The van der Waals surface area contributed by atoms with Crippen molar-refractivity contribution in [3.05, 3.63) is 45.4 Å². The molecule has 2 aromatic carbocycles. The van der Waals surface area contributed by atoms with Gasteiger partial charge in [-0.2, -0.15) is 0 Å². The molecule has 0 aliphatic heterocycles. The second-order valence-electron chi connectivity index (χ2n) is 3.75. The summed E-state index contributed by atoms with van der Waals surface area (Å²) in [4.78, 5) is 0. The molecule has 0 radical (unpaired) electrons. The molecule has 0 fully saturated rings. The summed E-state index contributed by atoms with van der Waals surface area (Å²) >= 11 is 18.7. The number of hydrogen-bond donors (Lipinski definition) is 0. The Morgan fingerprint density at radius 3 is 1.79 bits per heavy atom. The van der Waals surface area contributed by atoms with Crippen LogP contribution in [0.5, 0.6) is 11.5 Å². The average molecular weight is 318 g/mol. The lowest BCUT2D eigenvalue weighted by Gasteiger charge is -2.17. The minimum atomic E-state index is 0.241. The maximum absolute atomic E-state index is 6.36. The predicted molar refractivity (Wildman–Crippen MR) is 80.0 cm³/mol. The molecule has 2 nitrogen and oxygen atoms in total. The van der Waals surface area contributed by atoms with E-state index in [0.29, 0.717) is 22.1 Å². The van der Waals surface area contributed by atoms with Gasteiger partial charge in [-0.15, -0.1) is 0 Å². The van der Waals surface area contributed by atoms with Gasteiger partial charge < -0.3 is 9.47 Å². The zero-order valence-corrected chi connectivity index (χ0v) is 12.6. The Bertz CT molecular complexity index is 598. The third kappa shape index (κ3) is 2.48. The molecule has 19 heavy (non-hydrogen) atoms. The lowest BCUT2D eigenvalue weighted by atomic mass is 10.0. The van der Waals surface area contributed by atoms with Crippen LogP contribution >= 0.6 is 34.8 Å². The Morgan fingerprint density at radius 2 is 1.26 bits per heavy atom.